The molecule has 0 atom stereocenters. The molecule has 0 amide bonds. The van der Waals surface area contributed by atoms with E-state index in [2.05, 4.69) is 54.5 Å². The molecular weight excluding hydrogens is 291 g/mol. The molecule has 2 aromatic rings. The van der Waals surface area contributed by atoms with Crippen molar-refractivity contribution in [3.63, 3.8) is 0 Å². The molecule has 23 heavy (non-hydrogen) atoms. The molecule has 1 saturated heterocycles. The van der Waals surface area contributed by atoms with Crippen LogP contribution >= 0.6 is 0 Å². The van der Waals surface area contributed by atoms with Crippen molar-refractivity contribution in [2.24, 2.45) is 7.05 Å². The number of fused-ring (bicyclic) bond motifs is 1. The number of aromatic nitrogens is 3. The Hall–Kier alpha value is -1.60. The lowest BCUT2D eigenvalue weighted by Gasteiger charge is -2.32. The Morgan fingerprint density at radius 3 is 2.30 bits per heavy atom. The molecular formula is C16H25BN4O2. The van der Waals surface area contributed by atoms with Crippen LogP contribution in [-0.2, 0) is 22.8 Å². The number of anilines is 1. The second-order valence-electron chi connectivity index (χ2n) is 7.03. The van der Waals surface area contributed by atoms with Gasteiger partial charge in [0.15, 0.2) is 0 Å². The molecule has 0 unspecified atom stereocenters. The van der Waals surface area contributed by atoms with Gasteiger partial charge >= 0.3 is 7.12 Å². The number of rotatable bonds is 3. The van der Waals surface area contributed by atoms with Crippen molar-refractivity contribution in [1.29, 1.82) is 0 Å². The molecule has 2 aromatic heterocycles. The number of hydrogen-bond donors (Lipinski definition) is 1. The lowest BCUT2D eigenvalue weighted by molar-refractivity contribution is 0.00578. The Labute approximate surface area is 137 Å². The van der Waals surface area contributed by atoms with E-state index in [1.165, 1.54) is 0 Å². The monoisotopic (exact) mass is 316 g/mol. The van der Waals surface area contributed by atoms with Crippen molar-refractivity contribution in [2.75, 3.05) is 12.4 Å². The molecule has 0 aliphatic carbocycles. The minimum Gasteiger partial charge on any atom is -0.399 e. The third-order valence-corrected chi connectivity index (χ3v) is 5.19. The third-order valence-electron chi connectivity index (χ3n) is 5.19. The zero-order valence-corrected chi connectivity index (χ0v) is 15.0. The number of nitrogens with one attached hydrogen (secondary N) is 1. The van der Waals surface area contributed by atoms with Crippen molar-refractivity contribution in [3.05, 3.63) is 12.0 Å². The summed E-state index contributed by atoms with van der Waals surface area (Å²) in [6.45, 7) is 10.4. The number of hydrogen-bond acceptors (Lipinski definition) is 5. The summed E-state index contributed by atoms with van der Waals surface area (Å²) in [7, 11) is 3.48. The maximum absolute atomic E-state index is 6.29. The molecule has 1 fully saturated rings. The summed E-state index contributed by atoms with van der Waals surface area (Å²) in [5, 5.41) is 4.14. The lowest BCUT2D eigenvalue weighted by Crippen LogP contribution is -2.41. The van der Waals surface area contributed by atoms with Crippen LogP contribution in [0.25, 0.3) is 11.0 Å². The Bertz CT molecular complexity index is 738. The summed E-state index contributed by atoms with van der Waals surface area (Å²) in [6.07, 6.45) is 2.46. The van der Waals surface area contributed by atoms with Crippen LogP contribution in [0.15, 0.2) is 6.33 Å². The standard InChI is InChI=1S/C16H25BN4O2/c1-8-10-12(17-22-15(2,3)16(4,5)23-17)11-13(18-6)19-9-20-14(11)21(10)7/h9H,8H2,1-7H3,(H,18,19,20). The zero-order chi connectivity index (χ0) is 17.0. The maximum atomic E-state index is 6.29. The number of aryl methyl sites for hydroxylation is 1. The highest BCUT2D eigenvalue weighted by atomic mass is 16.7. The van der Waals surface area contributed by atoms with Crippen LogP contribution in [0.2, 0.25) is 0 Å². The third kappa shape index (κ3) is 2.25. The fourth-order valence-electron chi connectivity index (χ4n) is 3.16. The highest BCUT2D eigenvalue weighted by Gasteiger charge is 2.53. The first kappa shape index (κ1) is 16.3. The van der Waals surface area contributed by atoms with Gasteiger partial charge in [0.1, 0.15) is 17.8 Å². The maximum Gasteiger partial charge on any atom is 0.497 e. The van der Waals surface area contributed by atoms with E-state index in [9.17, 15) is 0 Å². The normalized spacial score (nSPS) is 19.5. The zero-order valence-electron chi connectivity index (χ0n) is 15.0. The van der Waals surface area contributed by atoms with E-state index >= 15 is 0 Å². The first-order chi connectivity index (χ1) is 10.7. The van der Waals surface area contributed by atoms with Crippen molar-refractivity contribution in [1.82, 2.24) is 14.5 Å². The van der Waals surface area contributed by atoms with Crippen LogP contribution in [0.1, 0.15) is 40.3 Å². The smallest absolute Gasteiger partial charge is 0.399 e. The second-order valence-corrected chi connectivity index (χ2v) is 7.03. The van der Waals surface area contributed by atoms with E-state index in [0.717, 1.165) is 34.4 Å². The Balaban J connectivity index is 2.25. The van der Waals surface area contributed by atoms with Gasteiger partial charge in [0.25, 0.3) is 0 Å². The quantitative estimate of drug-likeness (QED) is 0.876. The molecule has 1 N–H and O–H groups in total. The van der Waals surface area contributed by atoms with E-state index in [1.54, 1.807) is 6.33 Å². The van der Waals surface area contributed by atoms with Crippen LogP contribution in [0, 0.1) is 0 Å². The predicted octanol–water partition coefficient (Wildman–Crippen LogP) is 1.87. The molecule has 124 valence electrons. The molecule has 0 saturated carbocycles. The molecule has 6 nitrogen and oxygen atoms in total. The van der Waals surface area contributed by atoms with E-state index in [0.29, 0.717) is 0 Å². The van der Waals surface area contributed by atoms with Crippen LogP contribution in [0.3, 0.4) is 0 Å². The fraction of sp³-hybridized carbons (Fsp3) is 0.625. The van der Waals surface area contributed by atoms with Crippen molar-refractivity contribution >= 4 is 29.4 Å². The average molecular weight is 316 g/mol. The highest BCUT2D eigenvalue weighted by molar-refractivity contribution is 6.66. The van der Waals surface area contributed by atoms with Gasteiger partial charge in [-0.3, -0.25) is 0 Å². The molecule has 1 aliphatic rings. The van der Waals surface area contributed by atoms with Crippen LogP contribution < -0.4 is 10.8 Å². The van der Waals surface area contributed by atoms with Gasteiger partial charge in [0.2, 0.25) is 0 Å². The van der Waals surface area contributed by atoms with Gasteiger partial charge in [-0.15, -0.1) is 0 Å². The molecule has 7 heteroatoms. The minimum absolute atomic E-state index is 0.375. The average Bonchev–Trinajstić information content (AvgIpc) is 2.89. The van der Waals surface area contributed by atoms with Gasteiger partial charge in [-0.2, -0.15) is 0 Å². The van der Waals surface area contributed by atoms with Crippen molar-refractivity contribution in [2.45, 2.75) is 52.2 Å². The SMILES string of the molecule is CCc1c(B2OC(C)(C)C(C)(C)O2)c2c(NC)ncnc2n1C. The molecule has 1 aliphatic heterocycles. The molecule has 3 rings (SSSR count). The lowest BCUT2D eigenvalue weighted by atomic mass is 9.76. The Morgan fingerprint density at radius 1 is 1.17 bits per heavy atom. The van der Waals surface area contributed by atoms with Crippen LogP contribution in [0.4, 0.5) is 5.82 Å². The van der Waals surface area contributed by atoms with Gasteiger partial charge in [0, 0.05) is 25.3 Å². The summed E-state index contributed by atoms with van der Waals surface area (Å²) >= 11 is 0. The molecule has 0 spiro atoms. The highest BCUT2D eigenvalue weighted by Crippen LogP contribution is 2.38. The van der Waals surface area contributed by atoms with E-state index in [4.69, 9.17) is 9.31 Å². The van der Waals surface area contributed by atoms with E-state index < -0.39 is 7.12 Å². The van der Waals surface area contributed by atoms with Gasteiger partial charge < -0.3 is 19.2 Å². The predicted molar refractivity (Wildman–Crippen MR) is 93.1 cm³/mol. The van der Waals surface area contributed by atoms with Gasteiger partial charge in [0.05, 0.1) is 16.6 Å². The molecule has 0 aromatic carbocycles. The molecule has 3 heterocycles. The van der Waals surface area contributed by atoms with Gasteiger partial charge in [-0.1, -0.05) is 6.92 Å². The van der Waals surface area contributed by atoms with Gasteiger partial charge in [-0.25, -0.2) is 9.97 Å². The number of nitrogens with zero attached hydrogens (tertiary/aromatic N) is 3. The summed E-state index contributed by atoms with van der Waals surface area (Å²) in [6, 6.07) is 0. The van der Waals surface area contributed by atoms with Crippen LogP contribution in [-0.4, -0.2) is 39.9 Å². The molecule has 0 bridgehead atoms. The topological polar surface area (TPSA) is 61.2 Å². The van der Waals surface area contributed by atoms with E-state index in [-0.39, 0.29) is 11.2 Å². The second kappa shape index (κ2) is 5.21. The fourth-order valence-corrected chi connectivity index (χ4v) is 3.16. The minimum atomic E-state index is -0.420. The first-order valence-corrected chi connectivity index (χ1v) is 8.09. The Morgan fingerprint density at radius 2 is 1.78 bits per heavy atom. The summed E-state index contributed by atoms with van der Waals surface area (Å²) in [4.78, 5) is 8.84. The molecule has 0 radical (unpaired) electrons. The largest absolute Gasteiger partial charge is 0.497 e. The summed E-state index contributed by atoms with van der Waals surface area (Å²) in [5.74, 6) is 0.801. The summed E-state index contributed by atoms with van der Waals surface area (Å²) in [5.41, 5.74) is 2.34. The van der Waals surface area contributed by atoms with E-state index in [1.807, 2.05) is 14.1 Å². The summed E-state index contributed by atoms with van der Waals surface area (Å²) < 4.78 is 14.7. The van der Waals surface area contributed by atoms with Crippen molar-refractivity contribution in [3.8, 4) is 0 Å². The first-order valence-electron chi connectivity index (χ1n) is 8.09. The Kier molecular flexibility index (Phi) is 3.68. The van der Waals surface area contributed by atoms with Crippen molar-refractivity contribution < 1.29 is 9.31 Å². The van der Waals surface area contributed by atoms with Crippen LogP contribution in [0.5, 0.6) is 0 Å². The van der Waals surface area contributed by atoms with Gasteiger partial charge in [-0.05, 0) is 34.1 Å².